The van der Waals surface area contributed by atoms with Crippen LogP contribution in [-0.4, -0.2) is 41.7 Å². The summed E-state index contributed by atoms with van der Waals surface area (Å²) in [6.07, 6.45) is 3.22. The third kappa shape index (κ3) is 6.18. The van der Waals surface area contributed by atoms with E-state index in [1.165, 1.54) is 0 Å². The summed E-state index contributed by atoms with van der Waals surface area (Å²) in [5.74, 6) is 0.0396. The molecule has 0 saturated carbocycles. The number of amides is 3. The van der Waals surface area contributed by atoms with Crippen LogP contribution in [0.25, 0.3) is 6.08 Å². The fourth-order valence-corrected chi connectivity index (χ4v) is 4.01. The Balaban J connectivity index is 1.73. The molecule has 0 aromatic heterocycles. The minimum Gasteiger partial charge on any atom is -0.490 e. The van der Waals surface area contributed by atoms with Crippen molar-refractivity contribution in [2.45, 2.75) is 13.8 Å². The maximum Gasteiger partial charge on any atom is 0.294 e. The minimum absolute atomic E-state index is 0.217. The number of aryl methyl sites for hydroxylation is 1. The van der Waals surface area contributed by atoms with Gasteiger partial charge in [-0.15, -0.1) is 0 Å². The Morgan fingerprint density at radius 2 is 1.97 bits per heavy atom. The lowest BCUT2D eigenvalue weighted by molar-refractivity contribution is -0.127. The Labute approximate surface area is 201 Å². The first-order chi connectivity index (χ1) is 15.8. The highest BCUT2D eigenvalue weighted by molar-refractivity contribution is 8.18. The van der Waals surface area contributed by atoms with Gasteiger partial charge in [-0.3, -0.25) is 19.3 Å². The van der Waals surface area contributed by atoms with Gasteiger partial charge in [0.15, 0.2) is 11.5 Å². The number of imide groups is 1. The predicted octanol–water partition coefficient (Wildman–Crippen LogP) is 5.29. The van der Waals surface area contributed by atoms with Crippen LogP contribution in [0.3, 0.4) is 0 Å². The number of thioether (sulfide) groups is 1. The molecule has 172 valence electrons. The zero-order valence-electron chi connectivity index (χ0n) is 18.2. The van der Waals surface area contributed by atoms with Gasteiger partial charge in [0.05, 0.1) is 11.5 Å². The van der Waals surface area contributed by atoms with Crippen LogP contribution < -0.4 is 14.8 Å². The zero-order valence-corrected chi connectivity index (χ0v) is 19.8. The van der Waals surface area contributed by atoms with Crippen molar-refractivity contribution in [3.8, 4) is 11.5 Å². The molecule has 2 aromatic carbocycles. The number of ether oxygens (including phenoxy) is 2. The number of anilines is 1. The standard InChI is InChI=1S/C24H23ClN2O5S/c1-4-10-32-19-9-7-16(11-20(19)31-5-2)12-21-23(29)27(24(30)33-21)14-22(28)26-18-13-17(25)8-6-15(18)3/h4,6-9,11-13H,1,5,10,14H2,2-3H3,(H,26,28)/b21-12+. The normalized spacial score (nSPS) is 14.5. The molecule has 3 rings (SSSR count). The van der Waals surface area contributed by atoms with E-state index in [9.17, 15) is 14.4 Å². The van der Waals surface area contributed by atoms with Crippen molar-refractivity contribution in [3.63, 3.8) is 0 Å². The highest BCUT2D eigenvalue weighted by atomic mass is 35.5. The van der Waals surface area contributed by atoms with E-state index >= 15 is 0 Å². The van der Waals surface area contributed by atoms with Crippen LogP contribution in [0, 0.1) is 6.92 Å². The summed E-state index contributed by atoms with van der Waals surface area (Å²) in [6.45, 7) is 7.66. The van der Waals surface area contributed by atoms with Crippen molar-refractivity contribution in [1.29, 1.82) is 0 Å². The Hall–Kier alpha value is -3.23. The highest BCUT2D eigenvalue weighted by Crippen LogP contribution is 2.34. The highest BCUT2D eigenvalue weighted by Gasteiger charge is 2.36. The van der Waals surface area contributed by atoms with E-state index in [2.05, 4.69) is 11.9 Å². The number of halogens is 1. The average molecular weight is 487 g/mol. The largest absolute Gasteiger partial charge is 0.490 e. The van der Waals surface area contributed by atoms with E-state index in [1.54, 1.807) is 48.6 Å². The topological polar surface area (TPSA) is 84.9 Å². The fourth-order valence-electron chi connectivity index (χ4n) is 3.00. The molecule has 1 aliphatic rings. The molecular formula is C24H23ClN2O5S. The molecule has 7 nitrogen and oxygen atoms in total. The smallest absolute Gasteiger partial charge is 0.294 e. The van der Waals surface area contributed by atoms with Crippen LogP contribution in [0.1, 0.15) is 18.1 Å². The van der Waals surface area contributed by atoms with Gasteiger partial charge in [-0.05, 0) is 67.1 Å². The summed E-state index contributed by atoms with van der Waals surface area (Å²) in [5.41, 5.74) is 2.00. The monoisotopic (exact) mass is 486 g/mol. The van der Waals surface area contributed by atoms with Gasteiger partial charge in [-0.2, -0.15) is 0 Å². The molecule has 9 heteroatoms. The van der Waals surface area contributed by atoms with E-state index < -0.39 is 23.6 Å². The van der Waals surface area contributed by atoms with Gasteiger partial charge in [0.25, 0.3) is 11.1 Å². The first-order valence-corrected chi connectivity index (χ1v) is 11.3. The molecule has 0 radical (unpaired) electrons. The molecule has 1 fully saturated rings. The van der Waals surface area contributed by atoms with Crippen molar-refractivity contribution in [3.05, 3.63) is 70.1 Å². The molecule has 33 heavy (non-hydrogen) atoms. The molecule has 3 amide bonds. The number of carbonyl (C=O) groups excluding carboxylic acids is 3. The van der Waals surface area contributed by atoms with Gasteiger partial charge in [0.2, 0.25) is 5.91 Å². The molecule has 2 aromatic rings. The summed E-state index contributed by atoms with van der Waals surface area (Å²) in [5, 5.41) is 2.65. The number of carbonyl (C=O) groups is 3. The van der Waals surface area contributed by atoms with E-state index in [4.69, 9.17) is 21.1 Å². The molecule has 0 atom stereocenters. The number of nitrogens with zero attached hydrogens (tertiary/aromatic N) is 1. The molecule has 0 aliphatic carbocycles. The van der Waals surface area contributed by atoms with E-state index in [0.717, 1.165) is 22.2 Å². The summed E-state index contributed by atoms with van der Waals surface area (Å²) in [6, 6.07) is 10.3. The molecule has 1 saturated heterocycles. The number of nitrogens with one attached hydrogen (secondary N) is 1. The Morgan fingerprint density at radius 3 is 2.70 bits per heavy atom. The van der Waals surface area contributed by atoms with Gasteiger partial charge >= 0.3 is 0 Å². The molecule has 1 aliphatic heterocycles. The second kappa shape index (κ2) is 11.1. The summed E-state index contributed by atoms with van der Waals surface area (Å²) in [4.78, 5) is 38.8. The molecular weight excluding hydrogens is 464 g/mol. The molecule has 0 bridgehead atoms. The number of hydrogen-bond donors (Lipinski definition) is 1. The van der Waals surface area contributed by atoms with Crippen LogP contribution in [0.15, 0.2) is 54.0 Å². The average Bonchev–Trinajstić information content (AvgIpc) is 3.03. The molecule has 1 N–H and O–H groups in total. The van der Waals surface area contributed by atoms with Gasteiger partial charge in [0.1, 0.15) is 13.2 Å². The van der Waals surface area contributed by atoms with Crippen LogP contribution in [0.2, 0.25) is 5.02 Å². The number of hydrogen-bond acceptors (Lipinski definition) is 6. The van der Waals surface area contributed by atoms with Gasteiger partial charge in [-0.25, -0.2) is 0 Å². The van der Waals surface area contributed by atoms with Crippen molar-refractivity contribution in [1.82, 2.24) is 4.90 Å². The van der Waals surface area contributed by atoms with Crippen molar-refractivity contribution in [2.75, 3.05) is 25.1 Å². The maximum atomic E-state index is 12.8. The van der Waals surface area contributed by atoms with E-state index in [-0.39, 0.29) is 4.91 Å². The lowest BCUT2D eigenvalue weighted by atomic mass is 10.2. The van der Waals surface area contributed by atoms with Crippen LogP contribution in [-0.2, 0) is 9.59 Å². The Kier molecular flexibility index (Phi) is 8.19. The first-order valence-electron chi connectivity index (χ1n) is 10.1. The zero-order chi connectivity index (χ0) is 24.0. The van der Waals surface area contributed by atoms with Crippen molar-refractivity contribution >= 4 is 52.2 Å². The Morgan fingerprint density at radius 1 is 1.18 bits per heavy atom. The summed E-state index contributed by atoms with van der Waals surface area (Å²) in [7, 11) is 0. The maximum absolute atomic E-state index is 12.8. The quantitative estimate of drug-likeness (QED) is 0.383. The third-order valence-electron chi connectivity index (χ3n) is 4.57. The van der Waals surface area contributed by atoms with Gasteiger partial charge < -0.3 is 14.8 Å². The second-order valence-corrected chi connectivity index (χ2v) is 8.44. The predicted molar refractivity (Wildman–Crippen MR) is 131 cm³/mol. The summed E-state index contributed by atoms with van der Waals surface area (Å²) >= 11 is 6.76. The van der Waals surface area contributed by atoms with Crippen molar-refractivity contribution < 1.29 is 23.9 Å². The number of rotatable bonds is 9. The molecule has 0 unspecified atom stereocenters. The van der Waals surface area contributed by atoms with E-state index in [0.29, 0.717) is 41.0 Å². The molecule has 1 heterocycles. The lowest BCUT2D eigenvalue weighted by Gasteiger charge is -2.14. The van der Waals surface area contributed by atoms with E-state index in [1.807, 2.05) is 13.8 Å². The third-order valence-corrected chi connectivity index (χ3v) is 5.71. The molecule has 0 spiro atoms. The fraction of sp³-hybridized carbons (Fsp3) is 0.208. The second-order valence-electron chi connectivity index (χ2n) is 7.01. The van der Waals surface area contributed by atoms with Crippen LogP contribution in [0.4, 0.5) is 10.5 Å². The van der Waals surface area contributed by atoms with Crippen LogP contribution in [0.5, 0.6) is 11.5 Å². The SMILES string of the molecule is C=CCOc1ccc(/C=C2/SC(=O)N(CC(=O)Nc3cc(Cl)ccc3C)C2=O)cc1OCC. The minimum atomic E-state index is -0.534. The first kappa shape index (κ1) is 24.4. The van der Waals surface area contributed by atoms with Gasteiger partial charge in [0, 0.05) is 10.7 Å². The van der Waals surface area contributed by atoms with Crippen LogP contribution >= 0.6 is 23.4 Å². The Bertz CT molecular complexity index is 1130. The van der Waals surface area contributed by atoms with Gasteiger partial charge in [-0.1, -0.05) is 36.4 Å². The summed E-state index contributed by atoms with van der Waals surface area (Å²) < 4.78 is 11.2. The number of benzene rings is 2. The van der Waals surface area contributed by atoms with Crippen molar-refractivity contribution in [2.24, 2.45) is 0 Å². The lowest BCUT2D eigenvalue weighted by Crippen LogP contribution is -2.36.